The summed E-state index contributed by atoms with van der Waals surface area (Å²) in [6.45, 7) is -0.289. The molecule has 0 radical (unpaired) electrons. The van der Waals surface area contributed by atoms with E-state index in [0.29, 0.717) is 0 Å². The molecule has 0 spiro atoms. The van der Waals surface area contributed by atoms with Crippen molar-refractivity contribution in [3.63, 3.8) is 0 Å². The second-order valence-electron chi connectivity index (χ2n) is 4.90. The lowest BCUT2D eigenvalue weighted by molar-refractivity contribution is -0.143. The number of benzene rings is 2. The molecule has 1 amide bonds. The fraction of sp³-hybridized carbons (Fsp3) is 0.176. The molecule has 4 nitrogen and oxygen atoms in total. The number of nitrogens with one attached hydrogen (secondary N) is 1. The van der Waals surface area contributed by atoms with Crippen molar-refractivity contribution < 1.29 is 27.5 Å². The molecule has 7 heteroatoms. The van der Waals surface area contributed by atoms with Crippen molar-refractivity contribution in [3.8, 4) is 0 Å². The Balaban J connectivity index is 1.81. The third kappa shape index (κ3) is 5.12. The van der Waals surface area contributed by atoms with Gasteiger partial charge in [0.2, 0.25) is 0 Å². The van der Waals surface area contributed by atoms with Gasteiger partial charge < -0.3 is 10.1 Å². The summed E-state index contributed by atoms with van der Waals surface area (Å²) in [5, 5.41) is 2.30. The molecule has 0 heterocycles. The number of carbonyl (C=O) groups is 2. The second kappa shape index (κ2) is 7.63. The molecule has 0 aliphatic carbocycles. The molecule has 2 aromatic rings. The Hall–Kier alpha value is -2.83. The predicted molar refractivity (Wildman–Crippen MR) is 80.0 cm³/mol. The zero-order valence-electron chi connectivity index (χ0n) is 12.5. The highest BCUT2D eigenvalue weighted by molar-refractivity contribution is 5.95. The zero-order valence-corrected chi connectivity index (χ0v) is 12.5. The van der Waals surface area contributed by atoms with Crippen molar-refractivity contribution in [2.75, 3.05) is 6.54 Å². The number of alkyl halides is 3. The Morgan fingerprint density at radius 3 is 2.17 bits per heavy atom. The lowest BCUT2D eigenvalue weighted by Gasteiger charge is -2.08. The first kappa shape index (κ1) is 17.5. The Bertz CT molecular complexity index is 697. The van der Waals surface area contributed by atoms with Gasteiger partial charge in [0, 0.05) is 5.56 Å². The summed E-state index contributed by atoms with van der Waals surface area (Å²) in [6, 6.07) is 12.7. The molecule has 0 bridgehead atoms. The van der Waals surface area contributed by atoms with Crippen LogP contribution in [0, 0.1) is 0 Å². The normalized spacial score (nSPS) is 11.0. The van der Waals surface area contributed by atoms with E-state index in [4.69, 9.17) is 4.74 Å². The van der Waals surface area contributed by atoms with E-state index in [9.17, 15) is 22.8 Å². The average molecular weight is 337 g/mol. The summed E-state index contributed by atoms with van der Waals surface area (Å²) in [5.41, 5.74) is -0.0138. The zero-order chi connectivity index (χ0) is 17.6. The molecule has 0 aromatic heterocycles. The topological polar surface area (TPSA) is 55.4 Å². The minimum atomic E-state index is -4.46. The number of esters is 1. The Morgan fingerprint density at radius 2 is 1.58 bits per heavy atom. The molecular formula is C17H14F3NO3. The highest BCUT2D eigenvalue weighted by Gasteiger charge is 2.30. The molecule has 0 aliphatic rings. The van der Waals surface area contributed by atoms with Crippen LogP contribution >= 0.6 is 0 Å². The number of hydrogen-bond donors (Lipinski definition) is 1. The van der Waals surface area contributed by atoms with E-state index in [-0.39, 0.29) is 18.7 Å². The first-order valence-corrected chi connectivity index (χ1v) is 7.01. The van der Waals surface area contributed by atoms with E-state index in [1.54, 1.807) is 24.3 Å². The first-order chi connectivity index (χ1) is 11.4. The van der Waals surface area contributed by atoms with Gasteiger partial charge in [-0.1, -0.05) is 30.3 Å². The maximum atomic E-state index is 12.4. The standard InChI is InChI=1S/C17H14F3NO3/c18-17(19,20)14-8-6-13(7-9-14)16(23)21-10-15(22)24-11-12-4-2-1-3-5-12/h1-9H,10-11H2,(H,21,23). The summed E-state index contributed by atoms with van der Waals surface area (Å²) >= 11 is 0. The summed E-state index contributed by atoms with van der Waals surface area (Å²) in [4.78, 5) is 23.3. The van der Waals surface area contributed by atoms with Gasteiger partial charge in [-0.25, -0.2) is 0 Å². The van der Waals surface area contributed by atoms with E-state index in [2.05, 4.69) is 5.32 Å². The number of amides is 1. The summed E-state index contributed by atoms with van der Waals surface area (Å²) < 4.78 is 42.3. The molecule has 0 fully saturated rings. The van der Waals surface area contributed by atoms with Crippen LogP contribution in [0.2, 0.25) is 0 Å². The minimum Gasteiger partial charge on any atom is -0.460 e. The Kier molecular flexibility index (Phi) is 5.57. The summed E-state index contributed by atoms with van der Waals surface area (Å²) in [7, 11) is 0. The lowest BCUT2D eigenvalue weighted by atomic mass is 10.1. The molecule has 2 aromatic carbocycles. The van der Waals surface area contributed by atoms with E-state index >= 15 is 0 Å². The van der Waals surface area contributed by atoms with Crippen molar-refractivity contribution in [2.45, 2.75) is 12.8 Å². The maximum absolute atomic E-state index is 12.4. The summed E-state index contributed by atoms with van der Waals surface area (Å²) in [5.74, 6) is -1.29. The van der Waals surface area contributed by atoms with Crippen molar-refractivity contribution >= 4 is 11.9 Å². The number of ether oxygens (including phenoxy) is 1. The average Bonchev–Trinajstić information content (AvgIpc) is 2.58. The third-order valence-corrected chi connectivity index (χ3v) is 3.11. The van der Waals surface area contributed by atoms with Gasteiger partial charge in [-0.2, -0.15) is 13.2 Å². The molecular weight excluding hydrogens is 323 g/mol. The third-order valence-electron chi connectivity index (χ3n) is 3.11. The van der Waals surface area contributed by atoms with Crippen LogP contribution in [0.3, 0.4) is 0 Å². The minimum absolute atomic E-state index is 0.0267. The van der Waals surface area contributed by atoms with E-state index in [1.807, 2.05) is 6.07 Å². The molecule has 0 aliphatic heterocycles. The number of halogens is 3. The monoisotopic (exact) mass is 337 g/mol. The number of hydrogen-bond acceptors (Lipinski definition) is 3. The fourth-order valence-electron chi connectivity index (χ4n) is 1.85. The summed E-state index contributed by atoms with van der Waals surface area (Å²) in [6.07, 6.45) is -4.46. The first-order valence-electron chi connectivity index (χ1n) is 7.01. The van der Waals surface area contributed by atoms with Crippen LogP contribution in [0.15, 0.2) is 54.6 Å². The van der Waals surface area contributed by atoms with Crippen LogP contribution in [0.1, 0.15) is 21.5 Å². The van der Waals surface area contributed by atoms with Gasteiger partial charge in [0.1, 0.15) is 13.2 Å². The molecule has 0 atom stereocenters. The van der Waals surface area contributed by atoms with E-state index < -0.39 is 23.6 Å². The lowest BCUT2D eigenvalue weighted by Crippen LogP contribution is -2.30. The molecule has 1 N–H and O–H groups in total. The van der Waals surface area contributed by atoms with Crippen molar-refractivity contribution in [3.05, 3.63) is 71.3 Å². The second-order valence-corrected chi connectivity index (χ2v) is 4.90. The quantitative estimate of drug-likeness (QED) is 0.853. The Morgan fingerprint density at radius 1 is 0.958 bits per heavy atom. The Labute approximate surface area is 136 Å². The SMILES string of the molecule is O=C(CNC(=O)c1ccc(C(F)(F)F)cc1)OCc1ccccc1. The van der Waals surface area contributed by atoms with Crippen LogP contribution in [0.5, 0.6) is 0 Å². The van der Waals surface area contributed by atoms with Crippen LogP contribution < -0.4 is 5.32 Å². The number of carbonyl (C=O) groups excluding carboxylic acids is 2. The highest BCUT2D eigenvalue weighted by Crippen LogP contribution is 2.29. The molecule has 24 heavy (non-hydrogen) atoms. The van der Waals surface area contributed by atoms with Crippen LogP contribution in [-0.2, 0) is 22.3 Å². The highest BCUT2D eigenvalue weighted by atomic mass is 19.4. The van der Waals surface area contributed by atoms with Gasteiger partial charge >= 0.3 is 12.1 Å². The van der Waals surface area contributed by atoms with Crippen LogP contribution in [-0.4, -0.2) is 18.4 Å². The van der Waals surface area contributed by atoms with Gasteiger partial charge in [-0.05, 0) is 29.8 Å². The largest absolute Gasteiger partial charge is 0.460 e. The van der Waals surface area contributed by atoms with Crippen molar-refractivity contribution in [1.82, 2.24) is 5.32 Å². The molecule has 126 valence electrons. The smallest absolute Gasteiger partial charge is 0.416 e. The van der Waals surface area contributed by atoms with Gasteiger partial charge in [0.25, 0.3) is 5.91 Å². The number of rotatable bonds is 5. The van der Waals surface area contributed by atoms with E-state index in [1.165, 1.54) is 0 Å². The van der Waals surface area contributed by atoms with Gasteiger partial charge in [0.15, 0.2) is 0 Å². The molecule has 0 saturated heterocycles. The van der Waals surface area contributed by atoms with Crippen LogP contribution in [0.4, 0.5) is 13.2 Å². The van der Waals surface area contributed by atoms with Gasteiger partial charge in [-0.15, -0.1) is 0 Å². The molecule has 0 unspecified atom stereocenters. The predicted octanol–water partition coefficient (Wildman–Crippen LogP) is 3.18. The molecule has 0 saturated carbocycles. The fourth-order valence-corrected chi connectivity index (χ4v) is 1.85. The molecule has 2 rings (SSSR count). The van der Waals surface area contributed by atoms with E-state index in [0.717, 1.165) is 29.8 Å². The van der Waals surface area contributed by atoms with Crippen molar-refractivity contribution in [2.24, 2.45) is 0 Å². The van der Waals surface area contributed by atoms with Crippen LogP contribution in [0.25, 0.3) is 0 Å². The van der Waals surface area contributed by atoms with Gasteiger partial charge in [0.05, 0.1) is 5.56 Å². The van der Waals surface area contributed by atoms with Gasteiger partial charge in [-0.3, -0.25) is 9.59 Å². The van der Waals surface area contributed by atoms with Crippen molar-refractivity contribution in [1.29, 1.82) is 0 Å². The maximum Gasteiger partial charge on any atom is 0.416 e.